The molecule has 0 aliphatic heterocycles. The Balaban J connectivity index is 4.85. The molecule has 15 heavy (non-hydrogen) atoms. The Morgan fingerprint density at radius 2 is 2.07 bits per heavy atom. The molecule has 0 unspecified atom stereocenters. The standard InChI is InChI=1S/C10H11F3O2/c1-3-5-6-8(10(11,12)13)7-9(14)15-4-2/h3,5-7H,1,4H2,2H3/b6-5+,8-7+. The van der Waals surface area contributed by atoms with Crippen LogP contribution in [0, 0.1) is 0 Å². The van der Waals surface area contributed by atoms with E-state index in [4.69, 9.17) is 0 Å². The normalized spacial score (nSPS) is 12.9. The van der Waals surface area contributed by atoms with Gasteiger partial charge < -0.3 is 4.74 Å². The molecule has 0 spiro atoms. The number of hydrogen-bond donors (Lipinski definition) is 0. The average molecular weight is 220 g/mol. The lowest BCUT2D eigenvalue weighted by Crippen LogP contribution is -2.13. The van der Waals surface area contributed by atoms with E-state index in [1.165, 1.54) is 13.0 Å². The van der Waals surface area contributed by atoms with Gasteiger partial charge in [0.15, 0.2) is 0 Å². The summed E-state index contributed by atoms with van der Waals surface area (Å²) in [6.07, 6.45) is -1.14. The maximum absolute atomic E-state index is 12.3. The number of carbonyl (C=O) groups is 1. The molecule has 0 saturated carbocycles. The second-order valence-electron chi connectivity index (χ2n) is 2.44. The number of allylic oxidation sites excluding steroid dienone is 4. The first kappa shape index (κ1) is 13.5. The molecule has 0 amide bonds. The van der Waals surface area contributed by atoms with E-state index in [2.05, 4.69) is 11.3 Å². The summed E-state index contributed by atoms with van der Waals surface area (Å²) in [6, 6.07) is 0. The number of carbonyl (C=O) groups excluding carboxylic acids is 1. The quantitative estimate of drug-likeness (QED) is 0.413. The van der Waals surface area contributed by atoms with Crippen LogP contribution in [0.2, 0.25) is 0 Å². The van der Waals surface area contributed by atoms with E-state index in [-0.39, 0.29) is 6.61 Å². The number of alkyl halides is 3. The van der Waals surface area contributed by atoms with E-state index in [0.717, 1.165) is 12.2 Å². The highest BCUT2D eigenvalue weighted by atomic mass is 19.4. The molecule has 0 atom stereocenters. The summed E-state index contributed by atoms with van der Waals surface area (Å²) in [4.78, 5) is 10.8. The first-order chi connectivity index (χ1) is 6.91. The van der Waals surface area contributed by atoms with Crippen molar-refractivity contribution in [3.8, 4) is 0 Å². The van der Waals surface area contributed by atoms with Gasteiger partial charge in [-0.25, -0.2) is 4.79 Å². The Bertz CT molecular complexity index is 288. The van der Waals surface area contributed by atoms with Gasteiger partial charge in [0.25, 0.3) is 0 Å². The van der Waals surface area contributed by atoms with Crippen molar-refractivity contribution in [2.24, 2.45) is 0 Å². The summed E-state index contributed by atoms with van der Waals surface area (Å²) < 4.78 is 41.2. The van der Waals surface area contributed by atoms with Crippen molar-refractivity contribution in [2.45, 2.75) is 13.1 Å². The van der Waals surface area contributed by atoms with Gasteiger partial charge in [0.1, 0.15) is 0 Å². The van der Waals surface area contributed by atoms with Crippen LogP contribution in [0.4, 0.5) is 13.2 Å². The molecule has 84 valence electrons. The SMILES string of the molecule is C=C/C=C/C(=C\C(=O)OCC)C(F)(F)F. The van der Waals surface area contributed by atoms with Gasteiger partial charge in [0.05, 0.1) is 12.2 Å². The van der Waals surface area contributed by atoms with Crippen LogP contribution in [-0.4, -0.2) is 18.8 Å². The Morgan fingerprint density at radius 1 is 1.47 bits per heavy atom. The molecule has 0 aliphatic carbocycles. The summed E-state index contributed by atoms with van der Waals surface area (Å²) in [5.74, 6) is -1.02. The van der Waals surface area contributed by atoms with Gasteiger partial charge in [-0.1, -0.05) is 18.7 Å². The van der Waals surface area contributed by atoms with Crippen molar-refractivity contribution in [2.75, 3.05) is 6.61 Å². The lowest BCUT2D eigenvalue weighted by molar-refractivity contribution is -0.138. The van der Waals surface area contributed by atoms with E-state index in [9.17, 15) is 18.0 Å². The molecule has 0 saturated heterocycles. The monoisotopic (exact) mass is 220 g/mol. The van der Waals surface area contributed by atoms with Crippen molar-refractivity contribution in [1.29, 1.82) is 0 Å². The minimum absolute atomic E-state index is 0.0334. The topological polar surface area (TPSA) is 26.3 Å². The average Bonchev–Trinajstić information content (AvgIpc) is 2.10. The second-order valence-corrected chi connectivity index (χ2v) is 2.44. The van der Waals surface area contributed by atoms with Gasteiger partial charge in [-0.3, -0.25) is 0 Å². The summed E-state index contributed by atoms with van der Waals surface area (Å²) in [6.45, 7) is 4.78. The fourth-order valence-electron chi connectivity index (χ4n) is 0.707. The molecular formula is C10H11F3O2. The summed E-state index contributed by atoms with van der Waals surface area (Å²) in [7, 11) is 0. The molecule has 0 radical (unpaired) electrons. The molecule has 0 N–H and O–H groups in total. The van der Waals surface area contributed by atoms with Crippen LogP contribution in [0.1, 0.15) is 6.92 Å². The molecule has 5 heteroatoms. The fraction of sp³-hybridized carbons (Fsp3) is 0.300. The highest BCUT2D eigenvalue weighted by Crippen LogP contribution is 2.26. The summed E-state index contributed by atoms with van der Waals surface area (Å²) in [5, 5.41) is 0. The molecular weight excluding hydrogens is 209 g/mol. The number of hydrogen-bond acceptors (Lipinski definition) is 2. The predicted molar refractivity (Wildman–Crippen MR) is 50.1 cm³/mol. The molecule has 2 nitrogen and oxygen atoms in total. The summed E-state index contributed by atoms with van der Waals surface area (Å²) >= 11 is 0. The third kappa shape index (κ3) is 5.72. The Kier molecular flexibility index (Phi) is 5.44. The van der Waals surface area contributed by atoms with Gasteiger partial charge in [0.2, 0.25) is 0 Å². The van der Waals surface area contributed by atoms with Crippen molar-refractivity contribution < 1.29 is 22.7 Å². The van der Waals surface area contributed by atoms with Gasteiger partial charge in [-0.05, 0) is 13.0 Å². The Morgan fingerprint density at radius 3 is 2.47 bits per heavy atom. The molecule has 0 aliphatic rings. The highest BCUT2D eigenvalue weighted by Gasteiger charge is 2.32. The largest absolute Gasteiger partial charge is 0.463 e. The fourth-order valence-corrected chi connectivity index (χ4v) is 0.707. The number of rotatable bonds is 4. The van der Waals surface area contributed by atoms with Crippen molar-refractivity contribution >= 4 is 5.97 Å². The Hall–Kier alpha value is -1.52. The summed E-state index contributed by atoms with van der Waals surface area (Å²) in [5.41, 5.74) is -1.07. The van der Waals surface area contributed by atoms with Crippen molar-refractivity contribution in [1.82, 2.24) is 0 Å². The van der Waals surface area contributed by atoms with E-state index >= 15 is 0 Å². The van der Waals surface area contributed by atoms with Gasteiger partial charge in [0, 0.05) is 6.08 Å². The smallest absolute Gasteiger partial charge is 0.416 e. The molecule has 0 rings (SSSR count). The molecule has 0 heterocycles. The second kappa shape index (κ2) is 6.06. The minimum atomic E-state index is -4.58. The molecule has 0 aromatic carbocycles. The lowest BCUT2D eigenvalue weighted by Gasteiger charge is -2.06. The lowest BCUT2D eigenvalue weighted by atomic mass is 10.2. The van der Waals surface area contributed by atoms with Crippen LogP contribution < -0.4 is 0 Å². The number of halogens is 3. The number of esters is 1. The first-order valence-electron chi connectivity index (χ1n) is 4.16. The van der Waals surface area contributed by atoms with Crippen LogP contribution in [0.3, 0.4) is 0 Å². The number of ether oxygens (including phenoxy) is 1. The van der Waals surface area contributed by atoms with Crippen LogP contribution in [0.25, 0.3) is 0 Å². The van der Waals surface area contributed by atoms with Crippen molar-refractivity contribution in [3.05, 3.63) is 36.5 Å². The first-order valence-corrected chi connectivity index (χ1v) is 4.16. The van der Waals surface area contributed by atoms with Gasteiger partial charge >= 0.3 is 12.1 Å². The zero-order valence-corrected chi connectivity index (χ0v) is 8.17. The van der Waals surface area contributed by atoms with Gasteiger partial charge in [-0.2, -0.15) is 13.2 Å². The van der Waals surface area contributed by atoms with Gasteiger partial charge in [-0.15, -0.1) is 0 Å². The zero-order valence-electron chi connectivity index (χ0n) is 8.17. The Labute approximate surface area is 85.7 Å². The van der Waals surface area contributed by atoms with E-state index in [1.54, 1.807) is 0 Å². The molecule has 0 bridgehead atoms. The van der Waals surface area contributed by atoms with Crippen LogP contribution in [0.15, 0.2) is 36.5 Å². The third-order valence-corrected chi connectivity index (χ3v) is 1.30. The molecule has 0 aromatic rings. The third-order valence-electron chi connectivity index (χ3n) is 1.30. The minimum Gasteiger partial charge on any atom is -0.463 e. The van der Waals surface area contributed by atoms with Crippen LogP contribution in [-0.2, 0) is 9.53 Å². The molecule has 0 fully saturated rings. The van der Waals surface area contributed by atoms with Crippen LogP contribution in [0.5, 0.6) is 0 Å². The predicted octanol–water partition coefficient (Wildman–Crippen LogP) is 2.78. The van der Waals surface area contributed by atoms with E-state index in [1.807, 2.05) is 0 Å². The van der Waals surface area contributed by atoms with Crippen molar-refractivity contribution in [3.63, 3.8) is 0 Å². The zero-order chi connectivity index (χ0) is 11.9. The van der Waals surface area contributed by atoms with Crippen LogP contribution >= 0.6 is 0 Å². The maximum Gasteiger partial charge on any atom is 0.416 e. The maximum atomic E-state index is 12.3. The molecule has 0 aromatic heterocycles. The highest BCUT2D eigenvalue weighted by molar-refractivity contribution is 5.83. The van der Waals surface area contributed by atoms with E-state index in [0.29, 0.717) is 6.08 Å². The van der Waals surface area contributed by atoms with E-state index < -0.39 is 17.7 Å².